The number of anilines is 1. The number of carboxylic acid groups (broad SMARTS) is 1. The van der Waals surface area contributed by atoms with Crippen molar-refractivity contribution in [1.82, 2.24) is 0 Å². The van der Waals surface area contributed by atoms with Crippen LogP contribution in [0.25, 0.3) is 0 Å². The summed E-state index contributed by atoms with van der Waals surface area (Å²) in [5.41, 5.74) is 0.946. The molecular formula is C16H16ClNO4. The van der Waals surface area contributed by atoms with Crippen LogP contribution in [-0.2, 0) is 9.59 Å². The zero-order valence-corrected chi connectivity index (χ0v) is 12.8. The van der Waals surface area contributed by atoms with Gasteiger partial charge in [-0.3, -0.25) is 14.4 Å². The number of benzene rings is 1. The molecule has 0 aliphatic heterocycles. The molecule has 1 amide bonds. The molecule has 0 bridgehead atoms. The number of carboxylic acids is 1. The Bertz CT molecular complexity index is 653. The van der Waals surface area contributed by atoms with Gasteiger partial charge in [0, 0.05) is 16.3 Å². The van der Waals surface area contributed by atoms with E-state index in [0.29, 0.717) is 16.3 Å². The van der Waals surface area contributed by atoms with Gasteiger partial charge < -0.3 is 10.4 Å². The molecule has 1 aromatic carbocycles. The van der Waals surface area contributed by atoms with E-state index in [1.54, 1.807) is 30.3 Å². The maximum Gasteiger partial charge on any atom is 0.307 e. The molecule has 2 N–H and O–H groups in total. The Hall–Kier alpha value is -2.14. The van der Waals surface area contributed by atoms with Crippen LogP contribution >= 0.6 is 11.6 Å². The van der Waals surface area contributed by atoms with E-state index in [9.17, 15) is 19.5 Å². The second-order valence-corrected chi connectivity index (χ2v) is 5.75. The predicted octanol–water partition coefficient (Wildman–Crippen LogP) is 3.06. The molecule has 2 atom stereocenters. The minimum atomic E-state index is -1.02. The van der Waals surface area contributed by atoms with E-state index in [1.165, 1.54) is 6.92 Å². The number of rotatable bonds is 4. The van der Waals surface area contributed by atoms with Gasteiger partial charge in [0.25, 0.3) is 0 Å². The monoisotopic (exact) mass is 321 g/mol. The second kappa shape index (κ2) is 6.75. The standard InChI is InChI=1S/C16H16ClNO4/c1-9(19)10-3-2-4-12(7-10)18-15(20)14-8-11(17)5-6-13(14)16(21)22/h2-5,7,13-14H,6,8H2,1H3,(H,18,20)(H,21,22). The van der Waals surface area contributed by atoms with E-state index >= 15 is 0 Å². The van der Waals surface area contributed by atoms with Crippen molar-refractivity contribution in [2.45, 2.75) is 19.8 Å². The quantitative estimate of drug-likeness (QED) is 0.835. The SMILES string of the molecule is CC(=O)c1cccc(NC(=O)C2CC(Cl)=CCC2C(=O)O)c1. The first-order chi connectivity index (χ1) is 10.4. The van der Waals surface area contributed by atoms with Gasteiger partial charge in [-0.2, -0.15) is 0 Å². The summed E-state index contributed by atoms with van der Waals surface area (Å²) < 4.78 is 0. The third-order valence-corrected chi connectivity index (χ3v) is 3.99. The summed E-state index contributed by atoms with van der Waals surface area (Å²) in [5, 5.41) is 12.4. The van der Waals surface area contributed by atoms with E-state index in [0.717, 1.165) is 0 Å². The molecule has 5 nitrogen and oxygen atoms in total. The first kappa shape index (κ1) is 16.2. The highest BCUT2D eigenvalue weighted by molar-refractivity contribution is 6.29. The summed E-state index contributed by atoms with van der Waals surface area (Å²) in [4.78, 5) is 35.0. The van der Waals surface area contributed by atoms with Crippen molar-refractivity contribution < 1.29 is 19.5 Å². The smallest absolute Gasteiger partial charge is 0.307 e. The van der Waals surface area contributed by atoms with Crippen LogP contribution in [0.2, 0.25) is 0 Å². The molecule has 1 aliphatic rings. The van der Waals surface area contributed by atoms with E-state index in [4.69, 9.17) is 11.6 Å². The fraction of sp³-hybridized carbons (Fsp3) is 0.312. The van der Waals surface area contributed by atoms with Crippen LogP contribution in [0, 0.1) is 11.8 Å². The molecule has 2 rings (SSSR count). The van der Waals surface area contributed by atoms with Gasteiger partial charge in [-0.05, 0) is 31.9 Å². The Morgan fingerprint density at radius 2 is 2.00 bits per heavy atom. The maximum absolute atomic E-state index is 12.4. The molecule has 6 heteroatoms. The van der Waals surface area contributed by atoms with Crippen LogP contribution in [0.3, 0.4) is 0 Å². The number of aliphatic carboxylic acids is 1. The van der Waals surface area contributed by atoms with Crippen LogP contribution in [-0.4, -0.2) is 22.8 Å². The number of allylic oxidation sites excluding steroid dienone is 2. The lowest BCUT2D eigenvalue weighted by molar-refractivity contribution is -0.146. The van der Waals surface area contributed by atoms with Crippen LogP contribution in [0.1, 0.15) is 30.1 Å². The third kappa shape index (κ3) is 3.74. The molecular weight excluding hydrogens is 306 g/mol. The van der Waals surface area contributed by atoms with Crippen molar-refractivity contribution in [2.24, 2.45) is 11.8 Å². The number of halogens is 1. The van der Waals surface area contributed by atoms with Gasteiger partial charge >= 0.3 is 5.97 Å². The van der Waals surface area contributed by atoms with E-state index in [2.05, 4.69) is 5.32 Å². The van der Waals surface area contributed by atoms with Crippen molar-refractivity contribution in [3.63, 3.8) is 0 Å². The van der Waals surface area contributed by atoms with E-state index in [1.807, 2.05) is 0 Å². The summed E-state index contributed by atoms with van der Waals surface area (Å²) in [6, 6.07) is 6.53. The Labute approximate surface area is 133 Å². The maximum atomic E-state index is 12.4. The van der Waals surface area contributed by atoms with Gasteiger partial charge in [-0.15, -0.1) is 0 Å². The summed E-state index contributed by atoms with van der Waals surface area (Å²) in [6.45, 7) is 1.44. The van der Waals surface area contributed by atoms with Gasteiger partial charge in [0.05, 0.1) is 11.8 Å². The Balaban J connectivity index is 2.17. The molecule has 0 heterocycles. The third-order valence-electron chi connectivity index (χ3n) is 3.68. The zero-order valence-electron chi connectivity index (χ0n) is 12.0. The van der Waals surface area contributed by atoms with Crippen molar-refractivity contribution in [3.05, 3.63) is 40.9 Å². The highest BCUT2D eigenvalue weighted by atomic mass is 35.5. The number of ketones is 1. The number of hydrogen-bond acceptors (Lipinski definition) is 3. The molecule has 1 aliphatic carbocycles. The summed E-state index contributed by atoms with van der Waals surface area (Å²) >= 11 is 5.94. The van der Waals surface area contributed by atoms with Gasteiger partial charge in [0.15, 0.2) is 5.78 Å². The Kier molecular flexibility index (Phi) is 4.98. The highest BCUT2D eigenvalue weighted by Gasteiger charge is 2.36. The number of amides is 1. The number of carbonyl (C=O) groups excluding carboxylic acids is 2. The van der Waals surface area contributed by atoms with Crippen molar-refractivity contribution in [2.75, 3.05) is 5.32 Å². The summed E-state index contributed by atoms with van der Waals surface area (Å²) in [7, 11) is 0. The lowest BCUT2D eigenvalue weighted by Gasteiger charge is -2.25. The molecule has 22 heavy (non-hydrogen) atoms. The van der Waals surface area contributed by atoms with Gasteiger partial charge in [0.2, 0.25) is 5.91 Å². The number of Topliss-reactive ketones (excluding diaryl/α,β-unsaturated/α-hetero) is 1. The second-order valence-electron chi connectivity index (χ2n) is 5.27. The lowest BCUT2D eigenvalue weighted by atomic mass is 9.82. The lowest BCUT2D eigenvalue weighted by Crippen LogP contribution is -2.35. The number of carbonyl (C=O) groups is 3. The highest BCUT2D eigenvalue weighted by Crippen LogP contribution is 2.32. The topological polar surface area (TPSA) is 83.5 Å². The van der Waals surface area contributed by atoms with Crippen molar-refractivity contribution in [3.8, 4) is 0 Å². The molecule has 0 aromatic heterocycles. The average molecular weight is 322 g/mol. The Morgan fingerprint density at radius 3 is 2.64 bits per heavy atom. The molecule has 0 spiro atoms. The van der Waals surface area contributed by atoms with Gasteiger partial charge in [0.1, 0.15) is 0 Å². The molecule has 2 unspecified atom stereocenters. The largest absolute Gasteiger partial charge is 0.481 e. The molecule has 0 saturated carbocycles. The zero-order chi connectivity index (χ0) is 16.3. The van der Waals surface area contributed by atoms with Crippen LogP contribution in [0.5, 0.6) is 0 Å². The minimum Gasteiger partial charge on any atom is -0.481 e. The van der Waals surface area contributed by atoms with Crippen LogP contribution in [0.15, 0.2) is 35.4 Å². The van der Waals surface area contributed by atoms with Crippen LogP contribution in [0.4, 0.5) is 5.69 Å². The minimum absolute atomic E-state index is 0.108. The van der Waals surface area contributed by atoms with Crippen molar-refractivity contribution >= 4 is 34.9 Å². The van der Waals surface area contributed by atoms with E-state index in [-0.39, 0.29) is 18.6 Å². The molecule has 116 valence electrons. The normalized spacial score (nSPS) is 20.9. The van der Waals surface area contributed by atoms with E-state index < -0.39 is 23.7 Å². The van der Waals surface area contributed by atoms with Crippen molar-refractivity contribution in [1.29, 1.82) is 0 Å². The van der Waals surface area contributed by atoms with Gasteiger partial charge in [-0.1, -0.05) is 29.8 Å². The average Bonchev–Trinajstić information content (AvgIpc) is 2.47. The number of nitrogens with one attached hydrogen (secondary N) is 1. The van der Waals surface area contributed by atoms with Crippen LogP contribution < -0.4 is 5.32 Å². The number of hydrogen-bond donors (Lipinski definition) is 2. The summed E-state index contributed by atoms with van der Waals surface area (Å²) in [6.07, 6.45) is 2.08. The first-order valence-corrected chi connectivity index (χ1v) is 7.25. The fourth-order valence-electron chi connectivity index (χ4n) is 2.45. The molecule has 0 saturated heterocycles. The van der Waals surface area contributed by atoms with Gasteiger partial charge in [-0.25, -0.2) is 0 Å². The summed E-state index contributed by atoms with van der Waals surface area (Å²) in [5.74, 6) is -3.05. The fourth-order valence-corrected chi connectivity index (χ4v) is 2.71. The first-order valence-electron chi connectivity index (χ1n) is 6.87. The Morgan fingerprint density at radius 1 is 1.27 bits per heavy atom. The molecule has 0 radical (unpaired) electrons. The predicted molar refractivity (Wildman–Crippen MR) is 82.9 cm³/mol. The molecule has 0 fully saturated rings. The molecule has 1 aromatic rings.